The number of thiophene rings is 1. The summed E-state index contributed by atoms with van der Waals surface area (Å²) in [6.45, 7) is 1.68. The Hall–Kier alpha value is -1.78. The van der Waals surface area contributed by atoms with Crippen LogP contribution in [0.1, 0.15) is 5.76 Å². The molecule has 0 spiro atoms. The third kappa shape index (κ3) is 1.84. The number of nitrogens with one attached hydrogen (secondary N) is 1. The normalized spacial score (nSPS) is 14.6. The first-order valence-corrected chi connectivity index (χ1v) is 7.57. The van der Waals surface area contributed by atoms with Crippen molar-refractivity contribution in [1.29, 1.82) is 0 Å². The lowest BCUT2D eigenvalue weighted by molar-refractivity contribution is 0.560. The summed E-state index contributed by atoms with van der Waals surface area (Å²) < 4.78 is 6.54. The van der Waals surface area contributed by atoms with Gasteiger partial charge >= 0.3 is 0 Å². The van der Waals surface area contributed by atoms with Crippen molar-refractivity contribution in [3.05, 3.63) is 46.7 Å². The Morgan fingerprint density at radius 1 is 1.20 bits per heavy atom. The van der Waals surface area contributed by atoms with E-state index >= 15 is 0 Å². The molecule has 1 N–H and O–H groups in total. The zero-order valence-electron chi connectivity index (χ0n) is 10.5. The largest absolute Gasteiger partial charge is 0.460 e. The molecule has 0 unspecified atom stereocenters. The summed E-state index contributed by atoms with van der Waals surface area (Å²) in [5.74, 6) is 1.67. The van der Waals surface area contributed by atoms with Crippen molar-refractivity contribution in [2.45, 2.75) is 0 Å². The quantitative estimate of drug-likeness (QED) is 0.771. The van der Waals surface area contributed by atoms with Crippen LogP contribution in [0.2, 0.25) is 4.34 Å². The average molecular weight is 303 g/mol. The van der Waals surface area contributed by atoms with Gasteiger partial charge in [-0.2, -0.15) is 0 Å². The average Bonchev–Trinajstić information content (AvgIpc) is 3.17. The predicted octanol–water partition coefficient (Wildman–Crippen LogP) is 4.16. The van der Waals surface area contributed by atoms with Crippen molar-refractivity contribution in [2.75, 3.05) is 13.1 Å². The summed E-state index contributed by atoms with van der Waals surface area (Å²) in [5, 5.41) is 5.43. The van der Waals surface area contributed by atoms with Gasteiger partial charge in [0.15, 0.2) is 11.6 Å². The number of aliphatic imine (C=N–C) groups is 1. The highest BCUT2D eigenvalue weighted by Gasteiger charge is 2.17. The summed E-state index contributed by atoms with van der Waals surface area (Å²) in [4.78, 5) is 5.58. The van der Waals surface area contributed by atoms with E-state index in [0.29, 0.717) is 0 Å². The molecule has 1 aliphatic heterocycles. The van der Waals surface area contributed by atoms with E-state index in [1.807, 2.05) is 18.2 Å². The molecule has 2 aromatic heterocycles. The lowest BCUT2D eigenvalue weighted by Crippen LogP contribution is -2.18. The molecule has 0 aliphatic carbocycles. The number of benzene rings is 1. The first-order chi connectivity index (χ1) is 9.83. The van der Waals surface area contributed by atoms with Crippen molar-refractivity contribution in [2.24, 2.45) is 4.99 Å². The molecule has 3 aromatic rings. The first-order valence-electron chi connectivity index (χ1n) is 6.37. The Morgan fingerprint density at radius 2 is 2.15 bits per heavy atom. The van der Waals surface area contributed by atoms with Crippen LogP contribution in [-0.4, -0.2) is 18.9 Å². The van der Waals surface area contributed by atoms with Gasteiger partial charge in [-0.15, -0.1) is 11.3 Å². The Labute approximate surface area is 124 Å². The summed E-state index contributed by atoms with van der Waals surface area (Å²) in [5.41, 5.74) is 1.15. The third-order valence-electron chi connectivity index (χ3n) is 3.37. The summed E-state index contributed by atoms with van der Waals surface area (Å²) in [7, 11) is 0. The number of nitrogens with zero attached hydrogens (tertiary/aromatic N) is 1. The fraction of sp³-hybridized carbons (Fsp3) is 0.133. The van der Waals surface area contributed by atoms with E-state index in [2.05, 4.69) is 22.4 Å². The molecule has 0 amide bonds. The minimum Gasteiger partial charge on any atom is -0.460 e. The summed E-state index contributed by atoms with van der Waals surface area (Å²) in [6, 6.07) is 10.2. The van der Waals surface area contributed by atoms with Crippen LogP contribution >= 0.6 is 22.9 Å². The molecular formula is C15H11ClN2OS. The van der Waals surface area contributed by atoms with Gasteiger partial charge in [0.25, 0.3) is 0 Å². The van der Waals surface area contributed by atoms with Crippen molar-refractivity contribution >= 4 is 39.5 Å². The third-order valence-corrected chi connectivity index (χ3v) is 4.64. The second-order valence-electron chi connectivity index (χ2n) is 4.59. The Balaban J connectivity index is 1.92. The lowest BCUT2D eigenvalue weighted by Gasteiger charge is -2.01. The number of hydrogen-bond donors (Lipinski definition) is 1. The smallest absolute Gasteiger partial charge is 0.176 e. The van der Waals surface area contributed by atoms with E-state index in [4.69, 9.17) is 16.0 Å². The standard InChI is InChI=1S/C15H11ClN2OS/c16-13-5-4-12(20-13)9-2-1-3-10-11(9)8-19-14(10)15-17-6-7-18-15/h1-5,8H,6-7H2,(H,17,18). The first kappa shape index (κ1) is 12.0. The van der Waals surface area contributed by atoms with Crippen molar-refractivity contribution in [3.8, 4) is 10.4 Å². The topological polar surface area (TPSA) is 37.5 Å². The Kier molecular flexibility index (Phi) is 2.79. The van der Waals surface area contributed by atoms with Crippen LogP contribution in [0.25, 0.3) is 21.2 Å². The number of amidine groups is 1. The van der Waals surface area contributed by atoms with Gasteiger partial charge in [0.1, 0.15) is 0 Å². The Bertz CT molecular complexity index is 818. The molecule has 3 nitrogen and oxygen atoms in total. The molecule has 100 valence electrons. The monoisotopic (exact) mass is 302 g/mol. The van der Waals surface area contributed by atoms with Gasteiger partial charge in [-0.1, -0.05) is 29.8 Å². The van der Waals surface area contributed by atoms with Gasteiger partial charge in [0.2, 0.25) is 0 Å². The van der Waals surface area contributed by atoms with Crippen molar-refractivity contribution in [1.82, 2.24) is 5.32 Å². The summed E-state index contributed by atoms with van der Waals surface area (Å²) >= 11 is 7.61. The van der Waals surface area contributed by atoms with E-state index in [1.54, 1.807) is 17.6 Å². The maximum atomic E-state index is 6.04. The maximum absolute atomic E-state index is 6.04. The van der Waals surface area contributed by atoms with Crippen LogP contribution < -0.4 is 5.32 Å². The minimum absolute atomic E-state index is 0.794. The molecule has 0 bridgehead atoms. The number of hydrogen-bond acceptors (Lipinski definition) is 4. The molecule has 0 fully saturated rings. The van der Waals surface area contributed by atoms with E-state index in [9.17, 15) is 0 Å². The van der Waals surface area contributed by atoms with E-state index in [-0.39, 0.29) is 0 Å². The zero-order valence-corrected chi connectivity index (χ0v) is 12.1. The van der Waals surface area contributed by atoms with Gasteiger partial charge in [-0.3, -0.25) is 4.99 Å². The van der Waals surface area contributed by atoms with Crippen LogP contribution in [0.3, 0.4) is 0 Å². The van der Waals surface area contributed by atoms with Crippen LogP contribution in [0, 0.1) is 0 Å². The Morgan fingerprint density at radius 3 is 2.90 bits per heavy atom. The van der Waals surface area contributed by atoms with Crippen molar-refractivity contribution in [3.63, 3.8) is 0 Å². The molecule has 0 radical (unpaired) electrons. The van der Waals surface area contributed by atoms with Gasteiger partial charge in [-0.05, 0) is 12.1 Å². The lowest BCUT2D eigenvalue weighted by atomic mass is 10.1. The number of halogens is 1. The number of furan rings is 1. The number of rotatable bonds is 2. The zero-order chi connectivity index (χ0) is 13.5. The van der Waals surface area contributed by atoms with E-state index < -0.39 is 0 Å². The fourth-order valence-corrected chi connectivity index (χ4v) is 3.56. The van der Waals surface area contributed by atoms with Crippen LogP contribution in [0.15, 0.2) is 46.0 Å². The molecule has 5 heteroatoms. The van der Waals surface area contributed by atoms with Crippen LogP contribution in [-0.2, 0) is 0 Å². The van der Waals surface area contributed by atoms with Gasteiger partial charge in [0.05, 0.1) is 17.1 Å². The van der Waals surface area contributed by atoms with Crippen molar-refractivity contribution < 1.29 is 4.42 Å². The van der Waals surface area contributed by atoms with Crippen LogP contribution in [0.4, 0.5) is 0 Å². The fourth-order valence-electron chi connectivity index (χ4n) is 2.48. The molecule has 0 atom stereocenters. The minimum atomic E-state index is 0.794. The van der Waals surface area contributed by atoms with E-state index in [0.717, 1.165) is 50.2 Å². The van der Waals surface area contributed by atoms with Gasteiger partial charge in [0, 0.05) is 27.8 Å². The molecule has 1 aromatic carbocycles. The molecule has 20 heavy (non-hydrogen) atoms. The molecule has 0 saturated carbocycles. The van der Waals surface area contributed by atoms with E-state index in [1.165, 1.54) is 0 Å². The molecular weight excluding hydrogens is 292 g/mol. The maximum Gasteiger partial charge on any atom is 0.176 e. The van der Waals surface area contributed by atoms with Crippen LogP contribution in [0.5, 0.6) is 0 Å². The molecule has 0 saturated heterocycles. The molecule has 1 aliphatic rings. The highest BCUT2D eigenvalue weighted by Crippen LogP contribution is 2.37. The van der Waals surface area contributed by atoms with Gasteiger partial charge in [-0.25, -0.2) is 0 Å². The SMILES string of the molecule is Clc1ccc(-c2cccc3c(C4=NCCN4)occ23)s1. The number of fused-ring (bicyclic) bond motifs is 1. The van der Waals surface area contributed by atoms with Gasteiger partial charge < -0.3 is 9.73 Å². The molecule has 3 heterocycles. The highest BCUT2D eigenvalue weighted by atomic mass is 35.5. The predicted molar refractivity (Wildman–Crippen MR) is 83.9 cm³/mol. The highest BCUT2D eigenvalue weighted by molar-refractivity contribution is 7.19. The second kappa shape index (κ2) is 4.65. The molecule has 4 rings (SSSR count). The summed E-state index contributed by atoms with van der Waals surface area (Å²) in [6.07, 6.45) is 1.80. The second-order valence-corrected chi connectivity index (χ2v) is 6.31.